The molecule has 2 aliphatic rings. The van der Waals surface area contributed by atoms with E-state index in [-0.39, 0.29) is 12.5 Å². The molecule has 1 unspecified atom stereocenters. The number of hydrogen-bond acceptors (Lipinski definition) is 5. The van der Waals surface area contributed by atoms with Crippen LogP contribution in [0.25, 0.3) is 0 Å². The highest BCUT2D eigenvalue weighted by atomic mass is 16.5. The van der Waals surface area contributed by atoms with Crippen LogP contribution in [-0.2, 0) is 11.2 Å². The highest BCUT2D eigenvalue weighted by molar-refractivity contribution is 6.05. The van der Waals surface area contributed by atoms with Crippen LogP contribution < -0.4 is 9.47 Å². The highest BCUT2D eigenvalue weighted by Crippen LogP contribution is 2.38. The van der Waals surface area contributed by atoms with E-state index in [9.17, 15) is 15.1 Å². The molecule has 2 aliphatic carbocycles. The number of benzene rings is 1. The van der Waals surface area contributed by atoms with Gasteiger partial charge in [-0.05, 0) is 49.8 Å². The normalized spacial score (nSPS) is 22.8. The lowest BCUT2D eigenvalue weighted by Gasteiger charge is -2.25. The van der Waals surface area contributed by atoms with Crippen molar-refractivity contribution in [3.63, 3.8) is 0 Å². The summed E-state index contributed by atoms with van der Waals surface area (Å²) in [6.45, 7) is 0. The first-order chi connectivity index (χ1) is 11.1. The van der Waals surface area contributed by atoms with Crippen molar-refractivity contribution >= 4 is 11.7 Å². The molecule has 1 saturated carbocycles. The number of methoxy groups -OCH3 is 1. The molecule has 1 aromatic carbocycles. The summed E-state index contributed by atoms with van der Waals surface area (Å²) in [5, 5.41) is 21.8. The lowest BCUT2D eigenvalue weighted by molar-refractivity contribution is -0.141. The SMILES string of the molecule is COc1cc2c(cc1OC1CCCC1)CC(C(=O)O)CC2=NO. The van der Waals surface area contributed by atoms with E-state index in [0.717, 1.165) is 24.0 Å². The van der Waals surface area contributed by atoms with Crippen molar-refractivity contribution in [3.05, 3.63) is 23.3 Å². The molecule has 0 heterocycles. The molecule has 0 aliphatic heterocycles. The Labute approximate surface area is 134 Å². The van der Waals surface area contributed by atoms with Crippen molar-refractivity contribution in [3.8, 4) is 11.5 Å². The van der Waals surface area contributed by atoms with Crippen molar-refractivity contribution in [2.75, 3.05) is 7.11 Å². The van der Waals surface area contributed by atoms with Gasteiger partial charge >= 0.3 is 5.97 Å². The molecular weight excluding hydrogens is 298 g/mol. The molecule has 1 atom stereocenters. The number of oxime groups is 1. The Kier molecular flexibility index (Phi) is 4.41. The lowest BCUT2D eigenvalue weighted by atomic mass is 9.82. The van der Waals surface area contributed by atoms with E-state index in [1.807, 2.05) is 6.07 Å². The van der Waals surface area contributed by atoms with Gasteiger partial charge in [0, 0.05) is 12.0 Å². The van der Waals surface area contributed by atoms with Gasteiger partial charge in [0.05, 0.1) is 24.8 Å². The summed E-state index contributed by atoms with van der Waals surface area (Å²) in [6.07, 6.45) is 5.19. The molecule has 0 aromatic heterocycles. The Morgan fingerprint density at radius 1 is 1.22 bits per heavy atom. The first-order valence-corrected chi connectivity index (χ1v) is 7.94. The Balaban J connectivity index is 1.96. The smallest absolute Gasteiger partial charge is 0.307 e. The van der Waals surface area contributed by atoms with Gasteiger partial charge in [-0.15, -0.1) is 0 Å². The van der Waals surface area contributed by atoms with Crippen LogP contribution in [0.3, 0.4) is 0 Å². The molecule has 0 spiro atoms. The van der Waals surface area contributed by atoms with Crippen LogP contribution in [0.4, 0.5) is 0 Å². The number of rotatable bonds is 4. The standard InChI is InChI=1S/C17H21NO5/c1-22-15-9-13-10(6-11(17(19)20)7-14(13)18-21)8-16(15)23-12-4-2-3-5-12/h8-9,11-12,21H,2-7H2,1H3,(H,19,20). The second kappa shape index (κ2) is 6.48. The van der Waals surface area contributed by atoms with E-state index < -0.39 is 11.9 Å². The molecule has 1 fully saturated rings. The minimum Gasteiger partial charge on any atom is -0.493 e. The number of carbonyl (C=O) groups is 1. The number of ether oxygens (including phenoxy) is 2. The summed E-state index contributed by atoms with van der Waals surface area (Å²) < 4.78 is 11.5. The summed E-state index contributed by atoms with van der Waals surface area (Å²) in [5.74, 6) is -0.237. The third kappa shape index (κ3) is 3.11. The molecule has 6 nitrogen and oxygen atoms in total. The van der Waals surface area contributed by atoms with Crippen molar-refractivity contribution in [1.82, 2.24) is 0 Å². The van der Waals surface area contributed by atoms with Crippen molar-refractivity contribution in [2.45, 2.75) is 44.6 Å². The monoisotopic (exact) mass is 319 g/mol. The zero-order valence-corrected chi connectivity index (χ0v) is 13.1. The summed E-state index contributed by atoms with van der Waals surface area (Å²) in [6, 6.07) is 3.62. The van der Waals surface area contributed by atoms with Crippen LogP contribution in [-0.4, -0.2) is 35.2 Å². The van der Waals surface area contributed by atoms with E-state index in [0.29, 0.717) is 23.6 Å². The second-order valence-corrected chi connectivity index (χ2v) is 6.17. The van der Waals surface area contributed by atoms with Crippen LogP contribution in [0, 0.1) is 5.92 Å². The fourth-order valence-corrected chi connectivity index (χ4v) is 3.43. The lowest BCUT2D eigenvalue weighted by Crippen LogP contribution is -2.27. The molecule has 0 saturated heterocycles. The summed E-state index contributed by atoms with van der Waals surface area (Å²) in [7, 11) is 1.57. The number of fused-ring (bicyclic) bond motifs is 1. The van der Waals surface area contributed by atoms with E-state index in [1.165, 1.54) is 12.8 Å². The first-order valence-electron chi connectivity index (χ1n) is 7.94. The Morgan fingerprint density at radius 3 is 2.57 bits per heavy atom. The molecule has 3 rings (SSSR count). The maximum Gasteiger partial charge on any atom is 0.307 e. The van der Waals surface area contributed by atoms with Gasteiger partial charge in [0.2, 0.25) is 0 Å². The van der Waals surface area contributed by atoms with Crippen LogP contribution in [0.2, 0.25) is 0 Å². The van der Waals surface area contributed by atoms with Gasteiger partial charge in [-0.25, -0.2) is 0 Å². The average Bonchev–Trinajstić information content (AvgIpc) is 3.05. The van der Waals surface area contributed by atoms with Crippen molar-refractivity contribution in [1.29, 1.82) is 0 Å². The van der Waals surface area contributed by atoms with E-state index >= 15 is 0 Å². The van der Waals surface area contributed by atoms with Crippen LogP contribution in [0.1, 0.15) is 43.2 Å². The minimum absolute atomic E-state index is 0.187. The number of hydrogen-bond donors (Lipinski definition) is 2. The molecule has 0 radical (unpaired) electrons. The molecule has 1 aromatic rings. The third-order valence-electron chi connectivity index (χ3n) is 4.67. The Hall–Kier alpha value is -2.24. The van der Waals surface area contributed by atoms with Crippen molar-refractivity contribution < 1.29 is 24.6 Å². The predicted octanol–water partition coefficient (Wildman–Crippen LogP) is 2.84. The fourth-order valence-electron chi connectivity index (χ4n) is 3.43. The predicted molar refractivity (Wildman–Crippen MR) is 83.6 cm³/mol. The molecule has 23 heavy (non-hydrogen) atoms. The number of carboxylic acid groups (broad SMARTS) is 1. The quantitative estimate of drug-likeness (QED) is 0.658. The van der Waals surface area contributed by atoms with Gasteiger partial charge in [-0.3, -0.25) is 4.79 Å². The van der Waals surface area contributed by atoms with Crippen LogP contribution in [0.5, 0.6) is 11.5 Å². The zero-order chi connectivity index (χ0) is 16.4. The molecule has 0 amide bonds. The molecular formula is C17H21NO5. The Morgan fingerprint density at radius 2 is 1.96 bits per heavy atom. The maximum absolute atomic E-state index is 11.3. The fraction of sp³-hybridized carbons (Fsp3) is 0.529. The highest BCUT2D eigenvalue weighted by Gasteiger charge is 2.31. The second-order valence-electron chi connectivity index (χ2n) is 6.17. The van der Waals surface area contributed by atoms with Crippen LogP contribution in [0.15, 0.2) is 17.3 Å². The van der Waals surface area contributed by atoms with Gasteiger partial charge in [0.15, 0.2) is 11.5 Å². The molecule has 2 N–H and O–H groups in total. The average molecular weight is 319 g/mol. The van der Waals surface area contributed by atoms with Crippen LogP contribution >= 0.6 is 0 Å². The van der Waals surface area contributed by atoms with Gasteiger partial charge < -0.3 is 19.8 Å². The maximum atomic E-state index is 11.3. The number of carboxylic acids is 1. The van der Waals surface area contributed by atoms with Gasteiger partial charge in [-0.2, -0.15) is 0 Å². The number of nitrogens with zero attached hydrogens (tertiary/aromatic N) is 1. The zero-order valence-electron chi connectivity index (χ0n) is 13.1. The Bertz CT molecular complexity index is 634. The van der Waals surface area contributed by atoms with E-state index in [1.54, 1.807) is 13.2 Å². The van der Waals surface area contributed by atoms with Gasteiger partial charge in [0.25, 0.3) is 0 Å². The van der Waals surface area contributed by atoms with E-state index in [4.69, 9.17) is 9.47 Å². The van der Waals surface area contributed by atoms with Gasteiger partial charge in [-0.1, -0.05) is 5.16 Å². The molecule has 0 bridgehead atoms. The van der Waals surface area contributed by atoms with E-state index in [2.05, 4.69) is 5.16 Å². The van der Waals surface area contributed by atoms with Crippen molar-refractivity contribution in [2.24, 2.45) is 11.1 Å². The topological polar surface area (TPSA) is 88.4 Å². The molecule has 6 heteroatoms. The third-order valence-corrected chi connectivity index (χ3v) is 4.67. The molecule has 124 valence electrons. The largest absolute Gasteiger partial charge is 0.493 e. The summed E-state index contributed by atoms with van der Waals surface area (Å²) >= 11 is 0. The van der Waals surface area contributed by atoms with Gasteiger partial charge in [0.1, 0.15) is 0 Å². The first kappa shape index (κ1) is 15.6. The number of aliphatic carboxylic acids is 1. The summed E-state index contributed by atoms with van der Waals surface area (Å²) in [4.78, 5) is 11.3. The summed E-state index contributed by atoms with van der Waals surface area (Å²) in [5.41, 5.74) is 1.94. The minimum atomic E-state index is -0.883.